The quantitative estimate of drug-likeness (QED) is 0.658. The Labute approximate surface area is 135 Å². The Kier molecular flexibility index (Phi) is 5.73. The molecule has 2 aromatic carbocycles. The average Bonchev–Trinajstić information content (AvgIpc) is 2.46. The number of rotatable bonds is 6. The molecule has 0 heterocycles. The molecule has 3 nitrogen and oxygen atoms in total. The van der Waals surface area contributed by atoms with E-state index in [4.69, 9.17) is 14.2 Å². The van der Waals surface area contributed by atoms with Crippen LogP contribution in [0.25, 0.3) is 0 Å². The zero-order chi connectivity index (χ0) is 14.4. The van der Waals surface area contributed by atoms with Crippen LogP contribution >= 0.6 is 31.9 Å². The lowest BCUT2D eigenvalue weighted by Gasteiger charge is -2.10. The molecule has 0 spiro atoms. The van der Waals surface area contributed by atoms with E-state index in [-0.39, 0.29) is 0 Å². The lowest BCUT2D eigenvalue weighted by Crippen LogP contribution is -2.09. The summed E-state index contributed by atoms with van der Waals surface area (Å²) >= 11 is 6.82. The van der Waals surface area contributed by atoms with Gasteiger partial charge in [-0.2, -0.15) is 0 Å². The maximum absolute atomic E-state index is 5.65. The Bertz CT molecular complexity index is 556. The van der Waals surface area contributed by atoms with Crippen molar-refractivity contribution in [1.82, 2.24) is 0 Å². The second-order valence-corrected chi connectivity index (χ2v) is 5.72. The molecule has 0 aromatic heterocycles. The van der Waals surface area contributed by atoms with Gasteiger partial charge >= 0.3 is 0 Å². The monoisotopic (exact) mass is 400 g/mol. The van der Waals surface area contributed by atoms with E-state index in [2.05, 4.69) is 31.9 Å². The first kappa shape index (κ1) is 15.2. The summed E-state index contributed by atoms with van der Waals surface area (Å²) in [7, 11) is 1.63. The number of ether oxygens (including phenoxy) is 3. The first-order valence-electron chi connectivity index (χ1n) is 6.04. The van der Waals surface area contributed by atoms with Gasteiger partial charge in [-0.25, -0.2) is 0 Å². The molecule has 0 amide bonds. The van der Waals surface area contributed by atoms with Crippen LogP contribution < -0.4 is 14.2 Å². The first-order valence-corrected chi connectivity index (χ1v) is 7.62. The third kappa shape index (κ3) is 4.42. The van der Waals surface area contributed by atoms with Gasteiger partial charge in [0, 0.05) is 4.47 Å². The molecule has 0 saturated carbocycles. The minimum atomic E-state index is 0.473. The molecule has 0 aliphatic rings. The zero-order valence-corrected chi connectivity index (χ0v) is 14.1. The Morgan fingerprint density at radius 1 is 0.850 bits per heavy atom. The molecule has 2 rings (SSSR count). The summed E-state index contributed by atoms with van der Waals surface area (Å²) in [6, 6.07) is 13.3. The fraction of sp³-hybridized carbons (Fsp3) is 0.200. The molecule has 0 aliphatic carbocycles. The van der Waals surface area contributed by atoms with Crippen molar-refractivity contribution >= 4 is 31.9 Å². The van der Waals surface area contributed by atoms with Crippen molar-refractivity contribution in [2.45, 2.75) is 0 Å². The predicted octanol–water partition coefficient (Wildman–Crippen LogP) is 4.68. The number of hydrogen-bond donors (Lipinski definition) is 0. The number of halogens is 2. The average molecular weight is 402 g/mol. The van der Waals surface area contributed by atoms with Gasteiger partial charge in [-0.1, -0.05) is 15.9 Å². The number of methoxy groups -OCH3 is 1. The summed E-state index contributed by atoms with van der Waals surface area (Å²) in [6.07, 6.45) is 0. The summed E-state index contributed by atoms with van der Waals surface area (Å²) in [5, 5.41) is 0. The lowest BCUT2D eigenvalue weighted by molar-refractivity contribution is 0.216. The summed E-state index contributed by atoms with van der Waals surface area (Å²) in [5.74, 6) is 2.38. The summed E-state index contributed by atoms with van der Waals surface area (Å²) in [6.45, 7) is 0.959. The molecule has 20 heavy (non-hydrogen) atoms. The van der Waals surface area contributed by atoms with Crippen LogP contribution in [0.15, 0.2) is 51.4 Å². The predicted molar refractivity (Wildman–Crippen MR) is 85.8 cm³/mol. The smallest absolute Gasteiger partial charge is 0.133 e. The molecule has 0 N–H and O–H groups in total. The molecule has 0 radical (unpaired) electrons. The fourth-order valence-electron chi connectivity index (χ4n) is 1.57. The van der Waals surface area contributed by atoms with Crippen molar-refractivity contribution in [2.24, 2.45) is 0 Å². The van der Waals surface area contributed by atoms with Gasteiger partial charge in [0.2, 0.25) is 0 Å². The van der Waals surface area contributed by atoms with Crippen LogP contribution in [0.4, 0.5) is 0 Å². The topological polar surface area (TPSA) is 27.7 Å². The third-order valence-corrected chi connectivity index (χ3v) is 3.71. The highest BCUT2D eigenvalue weighted by atomic mass is 79.9. The molecular weight excluding hydrogens is 388 g/mol. The lowest BCUT2D eigenvalue weighted by atomic mass is 10.3. The Morgan fingerprint density at radius 3 is 2.15 bits per heavy atom. The van der Waals surface area contributed by atoms with E-state index in [0.29, 0.717) is 13.2 Å². The van der Waals surface area contributed by atoms with Gasteiger partial charge in [-0.15, -0.1) is 0 Å². The molecule has 106 valence electrons. The van der Waals surface area contributed by atoms with Crippen LogP contribution in [0.1, 0.15) is 0 Å². The largest absolute Gasteiger partial charge is 0.497 e. The standard InChI is InChI=1S/C15H14Br2O3/c1-18-13-6-7-15(14(17)10-13)20-9-8-19-12-4-2-11(16)3-5-12/h2-7,10H,8-9H2,1H3. The highest BCUT2D eigenvalue weighted by Crippen LogP contribution is 2.29. The van der Waals surface area contributed by atoms with Gasteiger partial charge in [-0.05, 0) is 58.4 Å². The molecule has 5 heteroatoms. The van der Waals surface area contributed by atoms with Crippen molar-refractivity contribution in [1.29, 1.82) is 0 Å². The van der Waals surface area contributed by atoms with Gasteiger partial charge in [0.25, 0.3) is 0 Å². The number of hydrogen-bond acceptors (Lipinski definition) is 3. The Hall–Kier alpha value is -1.20. The van der Waals surface area contributed by atoms with Crippen molar-refractivity contribution < 1.29 is 14.2 Å². The van der Waals surface area contributed by atoms with Crippen LogP contribution in [0, 0.1) is 0 Å². The first-order chi connectivity index (χ1) is 9.69. The normalized spacial score (nSPS) is 10.2. The van der Waals surface area contributed by atoms with E-state index in [1.165, 1.54) is 0 Å². The molecule has 0 saturated heterocycles. The molecular formula is C15H14Br2O3. The Morgan fingerprint density at radius 2 is 1.50 bits per heavy atom. The van der Waals surface area contributed by atoms with Gasteiger partial charge in [0.05, 0.1) is 11.6 Å². The van der Waals surface area contributed by atoms with Gasteiger partial charge in [0.1, 0.15) is 30.5 Å². The molecule has 2 aromatic rings. The highest BCUT2D eigenvalue weighted by molar-refractivity contribution is 9.10. The minimum absolute atomic E-state index is 0.473. The molecule has 0 aliphatic heterocycles. The van der Waals surface area contributed by atoms with Crippen LogP contribution in [0.2, 0.25) is 0 Å². The highest BCUT2D eigenvalue weighted by Gasteiger charge is 2.03. The summed E-state index contributed by atoms with van der Waals surface area (Å²) in [5.41, 5.74) is 0. The van der Waals surface area contributed by atoms with E-state index in [9.17, 15) is 0 Å². The minimum Gasteiger partial charge on any atom is -0.497 e. The second kappa shape index (κ2) is 7.55. The molecule has 0 unspecified atom stereocenters. The van der Waals surface area contributed by atoms with Crippen LogP contribution in [-0.4, -0.2) is 20.3 Å². The summed E-state index contributed by atoms with van der Waals surface area (Å²) in [4.78, 5) is 0. The van der Waals surface area contributed by atoms with Crippen molar-refractivity contribution in [3.8, 4) is 17.2 Å². The second-order valence-electron chi connectivity index (χ2n) is 3.95. The maximum Gasteiger partial charge on any atom is 0.133 e. The van der Waals surface area contributed by atoms with Crippen molar-refractivity contribution in [2.75, 3.05) is 20.3 Å². The molecule has 0 fully saturated rings. The SMILES string of the molecule is COc1ccc(OCCOc2ccc(Br)cc2)c(Br)c1. The Balaban J connectivity index is 1.79. The van der Waals surface area contributed by atoms with Crippen molar-refractivity contribution in [3.05, 3.63) is 51.4 Å². The fourth-order valence-corrected chi connectivity index (χ4v) is 2.30. The van der Waals surface area contributed by atoms with Crippen LogP contribution in [-0.2, 0) is 0 Å². The molecule has 0 bridgehead atoms. The number of benzene rings is 2. The third-order valence-electron chi connectivity index (χ3n) is 2.56. The van der Waals surface area contributed by atoms with E-state index in [0.717, 1.165) is 26.2 Å². The van der Waals surface area contributed by atoms with Crippen LogP contribution in [0.5, 0.6) is 17.2 Å². The zero-order valence-electron chi connectivity index (χ0n) is 10.9. The molecule has 0 atom stereocenters. The van der Waals surface area contributed by atoms with Gasteiger partial charge in [-0.3, -0.25) is 0 Å². The summed E-state index contributed by atoms with van der Waals surface area (Å²) < 4.78 is 18.2. The van der Waals surface area contributed by atoms with E-state index >= 15 is 0 Å². The van der Waals surface area contributed by atoms with E-state index in [1.807, 2.05) is 42.5 Å². The van der Waals surface area contributed by atoms with Crippen LogP contribution in [0.3, 0.4) is 0 Å². The van der Waals surface area contributed by atoms with E-state index < -0.39 is 0 Å². The van der Waals surface area contributed by atoms with Gasteiger partial charge < -0.3 is 14.2 Å². The maximum atomic E-state index is 5.65. The van der Waals surface area contributed by atoms with Crippen molar-refractivity contribution in [3.63, 3.8) is 0 Å². The van der Waals surface area contributed by atoms with Gasteiger partial charge in [0.15, 0.2) is 0 Å². The van der Waals surface area contributed by atoms with E-state index in [1.54, 1.807) is 7.11 Å².